The van der Waals surface area contributed by atoms with Crippen LogP contribution in [0.25, 0.3) is 6.08 Å². The van der Waals surface area contributed by atoms with E-state index in [0.717, 1.165) is 23.1 Å². The fourth-order valence-electron chi connectivity index (χ4n) is 3.71. The quantitative estimate of drug-likeness (QED) is 0.262. The first-order valence-electron chi connectivity index (χ1n) is 11.2. The van der Waals surface area contributed by atoms with Crippen LogP contribution in [0.1, 0.15) is 16.7 Å². The lowest BCUT2D eigenvalue weighted by Gasteiger charge is -2.14. The molecule has 5 rings (SSSR count). The van der Waals surface area contributed by atoms with Crippen molar-refractivity contribution in [3.63, 3.8) is 0 Å². The number of rotatable bonds is 8. The number of benzene rings is 3. The van der Waals surface area contributed by atoms with E-state index in [9.17, 15) is 9.59 Å². The number of hydrogen-bond acceptors (Lipinski definition) is 7. The van der Waals surface area contributed by atoms with Crippen molar-refractivity contribution in [1.82, 2.24) is 4.90 Å². The average molecular weight is 524 g/mol. The number of nitrogens with zero attached hydrogens (tertiary/aromatic N) is 1. The third kappa shape index (κ3) is 5.29. The van der Waals surface area contributed by atoms with Crippen molar-refractivity contribution in [2.24, 2.45) is 0 Å². The van der Waals surface area contributed by atoms with Crippen LogP contribution < -0.4 is 18.9 Å². The molecular formula is C27H22ClNO6S. The number of amides is 2. The molecular weight excluding hydrogens is 502 g/mol. The van der Waals surface area contributed by atoms with Gasteiger partial charge in [0.15, 0.2) is 11.5 Å². The van der Waals surface area contributed by atoms with Crippen LogP contribution in [0, 0.1) is 6.92 Å². The number of hydrogen-bond donors (Lipinski definition) is 0. The fourth-order valence-corrected chi connectivity index (χ4v) is 4.75. The Morgan fingerprint density at radius 3 is 2.53 bits per heavy atom. The van der Waals surface area contributed by atoms with E-state index >= 15 is 0 Å². The number of ether oxygens (including phenoxy) is 4. The van der Waals surface area contributed by atoms with Gasteiger partial charge in [-0.3, -0.25) is 14.5 Å². The maximum Gasteiger partial charge on any atom is 0.293 e. The minimum Gasteiger partial charge on any atom is -0.490 e. The van der Waals surface area contributed by atoms with E-state index in [0.29, 0.717) is 51.5 Å². The molecule has 0 unspecified atom stereocenters. The fraction of sp³-hybridized carbons (Fsp3) is 0.185. The first-order valence-corrected chi connectivity index (χ1v) is 12.4. The summed E-state index contributed by atoms with van der Waals surface area (Å²) in [6.45, 7) is 2.85. The van der Waals surface area contributed by atoms with Crippen molar-refractivity contribution in [2.45, 2.75) is 13.5 Å². The Hall–Kier alpha value is -3.62. The highest BCUT2D eigenvalue weighted by molar-refractivity contribution is 8.18. The van der Waals surface area contributed by atoms with Crippen molar-refractivity contribution < 1.29 is 28.5 Å². The lowest BCUT2D eigenvalue weighted by atomic mass is 10.1. The topological polar surface area (TPSA) is 74.3 Å². The average Bonchev–Trinajstić information content (AvgIpc) is 3.43. The standard InChI is InChI=1S/C27H22ClNO6S/c1-17-6-8-20(9-7-17)32-10-11-33-22-5-3-2-4-18(22)13-25-26(30)29(27(31)36-25)15-19-12-23-24(14-21(19)28)35-16-34-23/h2-9,12-14H,10-11,15-16H2,1H3/b25-13-. The Balaban J connectivity index is 1.25. The highest BCUT2D eigenvalue weighted by atomic mass is 35.5. The van der Waals surface area contributed by atoms with Crippen LogP contribution in [0.4, 0.5) is 4.79 Å². The van der Waals surface area contributed by atoms with Crippen LogP contribution in [-0.4, -0.2) is 36.1 Å². The van der Waals surface area contributed by atoms with Gasteiger partial charge < -0.3 is 18.9 Å². The van der Waals surface area contributed by atoms with E-state index in [4.69, 9.17) is 30.5 Å². The molecule has 9 heteroatoms. The minimum absolute atomic E-state index is 0.0337. The SMILES string of the molecule is Cc1ccc(OCCOc2ccccc2/C=C2\SC(=O)N(Cc3cc4c(cc3Cl)OCO4)C2=O)cc1. The Labute approximate surface area is 217 Å². The van der Waals surface area contributed by atoms with Crippen LogP contribution in [0.3, 0.4) is 0 Å². The molecule has 3 aromatic carbocycles. The van der Waals surface area contributed by atoms with E-state index in [-0.39, 0.29) is 18.6 Å². The van der Waals surface area contributed by atoms with E-state index < -0.39 is 5.91 Å². The summed E-state index contributed by atoms with van der Waals surface area (Å²) < 4.78 is 22.3. The van der Waals surface area contributed by atoms with Gasteiger partial charge in [-0.15, -0.1) is 0 Å². The monoisotopic (exact) mass is 523 g/mol. The van der Waals surface area contributed by atoms with Gasteiger partial charge in [-0.2, -0.15) is 0 Å². The molecule has 184 valence electrons. The van der Waals surface area contributed by atoms with Gasteiger partial charge >= 0.3 is 0 Å². The molecule has 0 aromatic heterocycles. The Morgan fingerprint density at radius 1 is 1.00 bits per heavy atom. The van der Waals surface area contributed by atoms with Crippen molar-refractivity contribution in [3.8, 4) is 23.0 Å². The van der Waals surface area contributed by atoms with E-state index in [2.05, 4.69) is 0 Å². The molecule has 1 fully saturated rings. The summed E-state index contributed by atoms with van der Waals surface area (Å²) in [4.78, 5) is 27.2. The number of carbonyl (C=O) groups is 2. The smallest absolute Gasteiger partial charge is 0.293 e. The summed E-state index contributed by atoms with van der Waals surface area (Å²) in [5, 5.41) is 0.0266. The predicted molar refractivity (Wildman–Crippen MR) is 138 cm³/mol. The predicted octanol–water partition coefficient (Wildman–Crippen LogP) is 6.07. The minimum atomic E-state index is -0.392. The molecule has 0 saturated carbocycles. The lowest BCUT2D eigenvalue weighted by Crippen LogP contribution is -2.27. The molecule has 7 nitrogen and oxygen atoms in total. The number of para-hydroxylation sites is 1. The molecule has 2 amide bonds. The summed E-state index contributed by atoms with van der Waals surface area (Å²) in [7, 11) is 0. The highest BCUT2D eigenvalue weighted by Crippen LogP contribution is 2.39. The van der Waals surface area contributed by atoms with Gasteiger partial charge in [-0.1, -0.05) is 47.5 Å². The van der Waals surface area contributed by atoms with Gasteiger partial charge in [-0.05, 0) is 54.6 Å². The summed E-state index contributed by atoms with van der Waals surface area (Å²) in [6.07, 6.45) is 1.67. The van der Waals surface area contributed by atoms with Crippen LogP contribution in [0.5, 0.6) is 23.0 Å². The first-order chi connectivity index (χ1) is 17.5. The lowest BCUT2D eigenvalue weighted by molar-refractivity contribution is -0.123. The molecule has 0 bridgehead atoms. The zero-order valence-corrected chi connectivity index (χ0v) is 20.9. The van der Waals surface area contributed by atoms with Crippen molar-refractivity contribution in [2.75, 3.05) is 20.0 Å². The molecule has 0 radical (unpaired) electrons. The van der Waals surface area contributed by atoms with Crippen LogP contribution >= 0.6 is 23.4 Å². The normalized spacial score (nSPS) is 15.6. The Morgan fingerprint density at radius 2 is 1.72 bits per heavy atom. The van der Waals surface area contributed by atoms with Gasteiger partial charge in [0.05, 0.1) is 11.4 Å². The Kier molecular flexibility index (Phi) is 7.06. The molecule has 2 aliphatic rings. The number of thioether (sulfide) groups is 1. The molecule has 36 heavy (non-hydrogen) atoms. The first kappa shape index (κ1) is 24.1. The molecule has 0 atom stereocenters. The summed E-state index contributed by atoms with van der Waals surface area (Å²) >= 11 is 7.22. The number of aryl methyl sites for hydroxylation is 1. The van der Waals surface area contributed by atoms with Crippen LogP contribution in [-0.2, 0) is 11.3 Å². The second-order valence-corrected chi connectivity index (χ2v) is 9.51. The molecule has 0 aliphatic carbocycles. The largest absolute Gasteiger partial charge is 0.490 e. The zero-order chi connectivity index (χ0) is 25.1. The van der Waals surface area contributed by atoms with Gasteiger partial charge in [0, 0.05) is 16.7 Å². The van der Waals surface area contributed by atoms with Gasteiger partial charge in [0.25, 0.3) is 11.1 Å². The molecule has 2 heterocycles. The van der Waals surface area contributed by atoms with E-state index in [1.54, 1.807) is 18.2 Å². The molecule has 2 aliphatic heterocycles. The summed E-state index contributed by atoms with van der Waals surface area (Å²) in [5.41, 5.74) is 2.46. The third-order valence-corrected chi connectivity index (χ3v) is 6.84. The maximum absolute atomic E-state index is 13.1. The summed E-state index contributed by atoms with van der Waals surface area (Å²) in [6, 6.07) is 18.5. The van der Waals surface area contributed by atoms with E-state index in [1.807, 2.05) is 55.5 Å². The second kappa shape index (κ2) is 10.6. The highest BCUT2D eigenvalue weighted by Gasteiger charge is 2.36. The number of fused-ring (bicyclic) bond motifs is 1. The van der Waals surface area contributed by atoms with Gasteiger partial charge in [0.1, 0.15) is 24.7 Å². The van der Waals surface area contributed by atoms with Crippen LogP contribution in [0.15, 0.2) is 65.6 Å². The third-order valence-electron chi connectivity index (χ3n) is 5.58. The molecule has 1 saturated heterocycles. The zero-order valence-electron chi connectivity index (χ0n) is 19.4. The van der Waals surface area contributed by atoms with Gasteiger partial charge in [0.2, 0.25) is 6.79 Å². The molecule has 3 aromatic rings. The molecule has 0 N–H and O–H groups in total. The number of imide groups is 1. The molecule has 0 spiro atoms. The van der Waals surface area contributed by atoms with Crippen molar-refractivity contribution in [3.05, 3.63) is 87.3 Å². The maximum atomic E-state index is 13.1. The number of carbonyl (C=O) groups excluding carboxylic acids is 2. The van der Waals surface area contributed by atoms with Crippen LogP contribution in [0.2, 0.25) is 5.02 Å². The van der Waals surface area contributed by atoms with Crippen molar-refractivity contribution >= 4 is 40.6 Å². The summed E-state index contributed by atoms with van der Waals surface area (Å²) in [5.74, 6) is 2.05. The second-order valence-electron chi connectivity index (χ2n) is 8.11. The van der Waals surface area contributed by atoms with Crippen molar-refractivity contribution in [1.29, 1.82) is 0 Å². The Bertz CT molecular complexity index is 1340. The van der Waals surface area contributed by atoms with Gasteiger partial charge in [-0.25, -0.2) is 0 Å². The van der Waals surface area contributed by atoms with E-state index in [1.165, 1.54) is 4.90 Å². The number of halogens is 1.